The van der Waals surface area contributed by atoms with Crippen molar-refractivity contribution >= 4 is 5.96 Å². The molecule has 0 amide bonds. The Balaban J connectivity index is 1.55. The van der Waals surface area contributed by atoms with Gasteiger partial charge in [0.2, 0.25) is 0 Å². The summed E-state index contributed by atoms with van der Waals surface area (Å²) in [5.41, 5.74) is 3.52. The van der Waals surface area contributed by atoms with Crippen LogP contribution in [0.5, 0.6) is 5.75 Å². The zero-order valence-corrected chi connectivity index (χ0v) is 16.2. The second-order valence-corrected chi connectivity index (χ2v) is 6.82. The molecule has 2 aromatic carbocycles. The van der Waals surface area contributed by atoms with Crippen LogP contribution < -0.4 is 15.4 Å². The summed E-state index contributed by atoms with van der Waals surface area (Å²) in [5.74, 6) is 1.68. The van der Waals surface area contributed by atoms with Crippen LogP contribution in [0.2, 0.25) is 0 Å². The van der Waals surface area contributed by atoms with Crippen molar-refractivity contribution in [2.75, 3.05) is 20.3 Å². The molecule has 5 nitrogen and oxygen atoms in total. The Morgan fingerprint density at radius 3 is 2.70 bits per heavy atom. The molecule has 1 atom stereocenters. The summed E-state index contributed by atoms with van der Waals surface area (Å²) in [4.78, 5) is 4.31. The lowest BCUT2D eigenvalue weighted by molar-refractivity contribution is 0.0676. The third kappa shape index (κ3) is 6.00. The van der Waals surface area contributed by atoms with Gasteiger partial charge in [0.25, 0.3) is 0 Å². The highest BCUT2D eigenvalue weighted by Crippen LogP contribution is 2.22. The van der Waals surface area contributed by atoms with Gasteiger partial charge in [-0.3, -0.25) is 4.99 Å². The Labute approximate surface area is 161 Å². The quantitative estimate of drug-likeness (QED) is 0.582. The van der Waals surface area contributed by atoms with Crippen molar-refractivity contribution in [3.8, 4) is 5.75 Å². The molecule has 0 aliphatic carbocycles. The highest BCUT2D eigenvalue weighted by atomic mass is 16.5. The monoisotopic (exact) mass is 367 g/mol. The molecule has 1 aliphatic heterocycles. The minimum Gasteiger partial charge on any atom is -0.491 e. The van der Waals surface area contributed by atoms with E-state index in [0.717, 1.165) is 43.3 Å². The van der Waals surface area contributed by atoms with E-state index < -0.39 is 0 Å². The van der Waals surface area contributed by atoms with Crippen LogP contribution in [0.3, 0.4) is 0 Å². The van der Waals surface area contributed by atoms with Gasteiger partial charge in [0.05, 0.1) is 6.10 Å². The molecule has 2 aromatic rings. The summed E-state index contributed by atoms with van der Waals surface area (Å²) in [6, 6.07) is 16.6. The number of aryl methyl sites for hydroxylation is 1. The predicted molar refractivity (Wildman–Crippen MR) is 109 cm³/mol. The van der Waals surface area contributed by atoms with E-state index >= 15 is 0 Å². The third-order valence-electron chi connectivity index (χ3n) is 4.64. The molecule has 1 fully saturated rings. The van der Waals surface area contributed by atoms with E-state index in [-0.39, 0.29) is 6.10 Å². The lowest BCUT2D eigenvalue weighted by Crippen LogP contribution is -2.36. The van der Waals surface area contributed by atoms with Crippen molar-refractivity contribution in [3.63, 3.8) is 0 Å². The van der Waals surface area contributed by atoms with Gasteiger partial charge >= 0.3 is 0 Å². The first-order chi connectivity index (χ1) is 13.2. The van der Waals surface area contributed by atoms with E-state index in [0.29, 0.717) is 13.2 Å². The fourth-order valence-electron chi connectivity index (χ4n) is 3.08. The van der Waals surface area contributed by atoms with Gasteiger partial charge in [-0.15, -0.1) is 0 Å². The van der Waals surface area contributed by atoms with Crippen molar-refractivity contribution < 1.29 is 9.47 Å². The zero-order chi connectivity index (χ0) is 18.9. The van der Waals surface area contributed by atoms with E-state index in [2.05, 4.69) is 52.9 Å². The Bertz CT molecular complexity index is 740. The molecule has 0 bridgehead atoms. The van der Waals surface area contributed by atoms with E-state index in [1.54, 1.807) is 7.05 Å². The molecule has 0 saturated carbocycles. The van der Waals surface area contributed by atoms with E-state index in [1.165, 1.54) is 11.1 Å². The maximum atomic E-state index is 6.07. The average Bonchev–Trinajstić information content (AvgIpc) is 3.22. The predicted octanol–water partition coefficient (Wildman–Crippen LogP) is 3.42. The molecular weight excluding hydrogens is 338 g/mol. The van der Waals surface area contributed by atoms with Crippen molar-refractivity contribution in [1.29, 1.82) is 0 Å². The van der Waals surface area contributed by atoms with Crippen molar-refractivity contribution in [3.05, 3.63) is 65.2 Å². The SMILES string of the molecule is CN=C(NCc1ccccc1)NCc1ccc(C)cc1OCC1CCCO1. The van der Waals surface area contributed by atoms with Crippen molar-refractivity contribution in [2.45, 2.75) is 39.0 Å². The van der Waals surface area contributed by atoms with E-state index in [4.69, 9.17) is 9.47 Å². The maximum absolute atomic E-state index is 6.07. The van der Waals surface area contributed by atoms with Gasteiger partial charge in [0.15, 0.2) is 5.96 Å². The minimum absolute atomic E-state index is 0.214. The minimum atomic E-state index is 0.214. The number of ether oxygens (including phenoxy) is 2. The van der Waals surface area contributed by atoms with Crippen LogP contribution in [0.4, 0.5) is 0 Å². The van der Waals surface area contributed by atoms with Crippen LogP contribution in [0, 0.1) is 6.92 Å². The second kappa shape index (κ2) is 9.97. The van der Waals surface area contributed by atoms with E-state index in [9.17, 15) is 0 Å². The van der Waals surface area contributed by atoms with Crippen LogP contribution in [0.25, 0.3) is 0 Å². The molecular formula is C22H29N3O2. The van der Waals surface area contributed by atoms with Crippen LogP contribution in [0.15, 0.2) is 53.5 Å². The molecule has 1 unspecified atom stereocenters. The van der Waals surface area contributed by atoms with Crippen LogP contribution in [0.1, 0.15) is 29.5 Å². The number of aliphatic imine (C=N–C) groups is 1. The Morgan fingerprint density at radius 1 is 1.15 bits per heavy atom. The number of rotatable bonds is 7. The summed E-state index contributed by atoms with van der Waals surface area (Å²) >= 11 is 0. The second-order valence-electron chi connectivity index (χ2n) is 6.82. The summed E-state index contributed by atoms with van der Waals surface area (Å²) in [6.45, 7) is 4.92. The van der Waals surface area contributed by atoms with E-state index in [1.807, 2.05) is 18.2 Å². The van der Waals surface area contributed by atoms with Gasteiger partial charge in [0, 0.05) is 32.3 Å². The number of nitrogens with one attached hydrogen (secondary N) is 2. The molecule has 0 aromatic heterocycles. The van der Waals surface area contributed by atoms with Crippen LogP contribution >= 0.6 is 0 Å². The standard InChI is InChI=1S/C22H29N3O2/c1-17-10-11-19(21(13-17)27-16-20-9-6-12-26-20)15-25-22(23-2)24-14-18-7-4-3-5-8-18/h3-5,7-8,10-11,13,20H,6,9,12,14-16H2,1-2H3,(H2,23,24,25). The molecule has 0 radical (unpaired) electrons. The lowest BCUT2D eigenvalue weighted by atomic mass is 10.1. The first kappa shape index (κ1) is 19.2. The highest BCUT2D eigenvalue weighted by molar-refractivity contribution is 5.79. The first-order valence-corrected chi connectivity index (χ1v) is 9.57. The number of hydrogen-bond donors (Lipinski definition) is 2. The average molecular weight is 367 g/mol. The highest BCUT2D eigenvalue weighted by Gasteiger charge is 2.17. The number of nitrogens with zero attached hydrogens (tertiary/aromatic N) is 1. The van der Waals surface area contributed by atoms with Gasteiger partial charge < -0.3 is 20.1 Å². The molecule has 3 rings (SSSR count). The molecule has 0 spiro atoms. The zero-order valence-electron chi connectivity index (χ0n) is 16.2. The maximum Gasteiger partial charge on any atom is 0.191 e. The first-order valence-electron chi connectivity index (χ1n) is 9.57. The summed E-state index contributed by atoms with van der Waals surface area (Å²) in [6.07, 6.45) is 2.42. The Kier molecular flexibility index (Phi) is 7.11. The Morgan fingerprint density at radius 2 is 1.96 bits per heavy atom. The summed E-state index contributed by atoms with van der Waals surface area (Å²) < 4.78 is 11.7. The molecule has 27 heavy (non-hydrogen) atoms. The largest absolute Gasteiger partial charge is 0.491 e. The molecule has 1 heterocycles. The number of benzene rings is 2. The Hall–Kier alpha value is -2.53. The normalized spacial score (nSPS) is 17.0. The number of hydrogen-bond acceptors (Lipinski definition) is 3. The molecule has 5 heteroatoms. The van der Waals surface area contributed by atoms with Gasteiger partial charge in [-0.2, -0.15) is 0 Å². The van der Waals surface area contributed by atoms with Crippen molar-refractivity contribution in [2.24, 2.45) is 4.99 Å². The van der Waals surface area contributed by atoms with Crippen LogP contribution in [-0.2, 0) is 17.8 Å². The molecule has 1 aliphatic rings. The van der Waals surface area contributed by atoms with Crippen molar-refractivity contribution in [1.82, 2.24) is 10.6 Å². The molecule has 2 N–H and O–H groups in total. The van der Waals surface area contributed by atoms with Gasteiger partial charge in [-0.1, -0.05) is 42.5 Å². The molecule has 144 valence electrons. The third-order valence-corrected chi connectivity index (χ3v) is 4.64. The smallest absolute Gasteiger partial charge is 0.191 e. The fraction of sp³-hybridized carbons (Fsp3) is 0.409. The van der Waals surface area contributed by atoms with Gasteiger partial charge in [0.1, 0.15) is 12.4 Å². The topological polar surface area (TPSA) is 54.9 Å². The number of guanidine groups is 1. The fourth-order valence-corrected chi connectivity index (χ4v) is 3.08. The van der Waals surface area contributed by atoms with Gasteiger partial charge in [-0.25, -0.2) is 0 Å². The summed E-state index contributed by atoms with van der Waals surface area (Å²) in [7, 11) is 1.78. The van der Waals surface area contributed by atoms with Crippen LogP contribution in [-0.4, -0.2) is 32.3 Å². The molecule has 1 saturated heterocycles. The van der Waals surface area contributed by atoms with Gasteiger partial charge in [-0.05, 0) is 37.0 Å². The summed E-state index contributed by atoms with van der Waals surface area (Å²) in [5, 5.41) is 6.71. The lowest BCUT2D eigenvalue weighted by Gasteiger charge is -2.17.